The molecule has 0 bridgehead atoms. The van der Waals surface area contributed by atoms with Crippen LogP contribution in [0.1, 0.15) is 5.56 Å². The number of anilines is 3. The molecule has 0 unspecified atom stereocenters. The van der Waals surface area contributed by atoms with Crippen LogP contribution in [-0.4, -0.2) is 22.8 Å². The molecule has 3 N–H and O–H groups in total. The van der Waals surface area contributed by atoms with Gasteiger partial charge >= 0.3 is 0 Å². The second-order valence-electron chi connectivity index (χ2n) is 4.42. The minimum Gasteiger partial charge on any atom is -0.325 e. The van der Waals surface area contributed by atoms with Gasteiger partial charge in [-0.25, -0.2) is 20.2 Å². The van der Waals surface area contributed by atoms with Crippen LogP contribution in [0.4, 0.5) is 21.7 Å². The third kappa shape index (κ3) is 2.30. The fraction of sp³-hybridized carbons (Fsp3) is 0.231. The molecule has 1 aromatic heterocycles. The van der Waals surface area contributed by atoms with Gasteiger partial charge in [0.05, 0.1) is 0 Å². The summed E-state index contributed by atoms with van der Waals surface area (Å²) in [6.45, 7) is 0.771. The van der Waals surface area contributed by atoms with Gasteiger partial charge in [-0.15, -0.1) is 0 Å². The van der Waals surface area contributed by atoms with Crippen LogP contribution in [0.25, 0.3) is 0 Å². The Morgan fingerprint density at radius 2 is 2.20 bits per heavy atom. The fourth-order valence-corrected chi connectivity index (χ4v) is 2.68. The number of benzene rings is 1. The number of fused-ring (bicyclic) bond motifs is 1. The molecule has 5 nitrogen and oxygen atoms in total. The molecule has 1 aliphatic heterocycles. The van der Waals surface area contributed by atoms with Crippen LogP contribution in [-0.2, 0) is 6.42 Å². The van der Waals surface area contributed by atoms with Crippen molar-refractivity contribution in [2.45, 2.75) is 11.6 Å². The lowest BCUT2D eigenvalue weighted by Gasteiger charge is -2.19. The molecule has 2 heterocycles. The van der Waals surface area contributed by atoms with Gasteiger partial charge in [0.2, 0.25) is 0 Å². The monoisotopic (exact) mass is 291 g/mol. The highest BCUT2D eigenvalue weighted by Crippen LogP contribution is 2.35. The maximum absolute atomic E-state index is 13.4. The van der Waals surface area contributed by atoms with Crippen molar-refractivity contribution in [3.05, 3.63) is 35.6 Å². The SMILES string of the molecule is CSc1nc(NN)cc(N2CCc3ccc(F)cc32)n1. The van der Waals surface area contributed by atoms with E-state index in [9.17, 15) is 4.39 Å². The van der Waals surface area contributed by atoms with Crippen molar-refractivity contribution in [3.8, 4) is 0 Å². The minimum atomic E-state index is -0.244. The van der Waals surface area contributed by atoms with Crippen molar-refractivity contribution in [2.24, 2.45) is 5.84 Å². The maximum Gasteiger partial charge on any atom is 0.191 e. The summed E-state index contributed by atoms with van der Waals surface area (Å²) < 4.78 is 13.4. The molecule has 2 aromatic rings. The van der Waals surface area contributed by atoms with Gasteiger partial charge in [0.1, 0.15) is 17.5 Å². The highest BCUT2D eigenvalue weighted by molar-refractivity contribution is 7.98. The fourth-order valence-electron chi connectivity index (χ4n) is 2.31. The van der Waals surface area contributed by atoms with E-state index < -0.39 is 0 Å². The van der Waals surface area contributed by atoms with Crippen LogP contribution in [0.5, 0.6) is 0 Å². The lowest BCUT2D eigenvalue weighted by molar-refractivity contribution is 0.628. The average Bonchev–Trinajstić information content (AvgIpc) is 2.89. The Kier molecular flexibility index (Phi) is 3.45. The Hall–Kier alpha value is -1.86. The van der Waals surface area contributed by atoms with E-state index in [1.807, 2.05) is 17.2 Å². The summed E-state index contributed by atoms with van der Waals surface area (Å²) in [4.78, 5) is 10.7. The summed E-state index contributed by atoms with van der Waals surface area (Å²) in [6.07, 6.45) is 2.77. The highest BCUT2D eigenvalue weighted by atomic mass is 32.2. The first kappa shape index (κ1) is 13.1. The molecule has 0 radical (unpaired) electrons. The van der Waals surface area contributed by atoms with Gasteiger partial charge in [-0.05, 0) is 30.4 Å². The number of rotatable bonds is 3. The zero-order valence-corrected chi connectivity index (χ0v) is 11.7. The van der Waals surface area contributed by atoms with Crippen molar-refractivity contribution in [1.29, 1.82) is 0 Å². The molecule has 0 saturated carbocycles. The third-order valence-corrected chi connectivity index (χ3v) is 3.79. The summed E-state index contributed by atoms with van der Waals surface area (Å²) in [6, 6.07) is 6.62. The highest BCUT2D eigenvalue weighted by Gasteiger charge is 2.22. The van der Waals surface area contributed by atoms with Gasteiger partial charge in [0.15, 0.2) is 5.16 Å². The van der Waals surface area contributed by atoms with Crippen LogP contribution >= 0.6 is 11.8 Å². The van der Waals surface area contributed by atoms with Crippen molar-refractivity contribution in [1.82, 2.24) is 9.97 Å². The van der Waals surface area contributed by atoms with Gasteiger partial charge in [-0.3, -0.25) is 0 Å². The molecular formula is C13H14FN5S. The molecule has 0 fully saturated rings. The lowest BCUT2D eigenvalue weighted by atomic mass is 10.2. The van der Waals surface area contributed by atoms with Crippen molar-refractivity contribution >= 4 is 29.1 Å². The van der Waals surface area contributed by atoms with Crippen molar-refractivity contribution in [2.75, 3.05) is 23.1 Å². The molecule has 104 valence electrons. The summed E-state index contributed by atoms with van der Waals surface area (Å²) in [5.41, 5.74) is 4.52. The van der Waals surface area contributed by atoms with Gasteiger partial charge in [-0.1, -0.05) is 17.8 Å². The summed E-state index contributed by atoms with van der Waals surface area (Å²) in [5, 5.41) is 0.625. The first-order valence-corrected chi connectivity index (χ1v) is 7.39. The van der Waals surface area contributed by atoms with Gasteiger partial charge in [-0.2, -0.15) is 0 Å². The van der Waals surface area contributed by atoms with Crippen LogP contribution < -0.4 is 16.2 Å². The van der Waals surface area contributed by atoms with Crippen LogP contribution in [0.3, 0.4) is 0 Å². The number of aromatic nitrogens is 2. The lowest BCUT2D eigenvalue weighted by Crippen LogP contribution is -2.17. The Labute approximate surface area is 120 Å². The number of hydrogen-bond acceptors (Lipinski definition) is 6. The molecular weight excluding hydrogens is 277 g/mol. The van der Waals surface area contributed by atoms with E-state index in [4.69, 9.17) is 5.84 Å². The predicted molar refractivity (Wildman–Crippen MR) is 78.7 cm³/mol. The molecule has 0 saturated heterocycles. The zero-order valence-electron chi connectivity index (χ0n) is 10.9. The van der Waals surface area contributed by atoms with Crippen LogP contribution in [0, 0.1) is 5.82 Å². The molecule has 1 aromatic carbocycles. The molecule has 3 rings (SSSR count). The molecule has 0 atom stereocenters. The third-order valence-electron chi connectivity index (χ3n) is 3.24. The standard InChI is InChI=1S/C13H14FN5S/c1-20-13-16-11(18-15)7-12(17-13)19-5-4-8-2-3-9(14)6-10(8)19/h2-3,6-7H,4-5,15H2,1H3,(H,16,17,18). The molecule has 0 amide bonds. The molecule has 20 heavy (non-hydrogen) atoms. The maximum atomic E-state index is 13.4. The minimum absolute atomic E-state index is 0.244. The van der Waals surface area contributed by atoms with E-state index in [0.29, 0.717) is 11.0 Å². The van der Waals surface area contributed by atoms with Gasteiger partial charge in [0.25, 0.3) is 0 Å². The van der Waals surface area contributed by atoms with Crippen LogP contribution in [0.15, 0.2) is 29.4 Å². The summed E-state index contributed by atoms with van der Waals surface area (Å²) in [7, 11) is 0. The smallest absolute Gasteiger partial charge is 0.191 e. The second kappa shape index (κ2) is 5.26. The Bertz CT molecular complexity index is 626. The van der Waals surface area contributed by atoms with Crippen LogP contribution in [0.2, 0.25) is 0 Å². The number of thioether (sulfide) groups is 1. The number of hydrogen-bond donors (Lipinski definition) is 2. The van der Waals surface area contributed by atoms with E-state index in [0.717, 1.165) is 30.0 Å². The first-order chi connectivity index (χ1) is 9.71. The number of hydrazine groups is 1. The molecule has 7 heteroatoms. The normalized spacial score (nSPS) is 13.4. The number of halogens is 1. The number of nitrogens with zero attached hydrogens (tertiary/aromatic N) is 3. The Balaban J connectivity index is 2.05. The molecule has 0 spiro atoms. The largest absolute Gasteiger partial charge is 0.325 e. The van der Waals surface area contributed by atoms with Gasteiger partial charge < -0.3 is 10.3 Å². The van der Waals surface area contributed by atoms with E-state index in [1.54, 1.807) is 12.1 Å². The van der Waals surface area contributed by atoms with E-state index in [-0.39, 0.29) is 5.82 Å². The number of nitrogens with one attached hydrogen (secondary N) is 1. The molecule has 1 aliphatic rings. The molecule has 0 aliphatic carbocycles. The van der Waals surface area contributed by atoms with Gasteiger partial charge in [0, 0.05) is 18.3 Å². The topological polar surface area (TPSA) is 67.1 Å². The quantitative estimate of drug-likeness (QED) is 0.391. The Morgan fingerprint density at radius 1 is 1.35 bits per heavy atom. The summed E-state index contributed by atoms with van der Waals surface area (Å²) >= 11 is 1.44. The first-order valence-electron chi connectivity index (χ1n) is 6.17. The zero-order chi connectivity index (χ0) is 14.1. The van der Waals surface area contributed by atoms with E-state index in [1.165, 1.54) is 17.8 Å². The van der Waals surface area contributed by atoms with Crippen molar-refractivity contribution in [3.63, 3.8) is 0 Å². The second-order valence-corrected chi connectivity index (χ2v) is 5.19. The Morgan fingerprint density at radius 3 is 2.95 bits per heavy atom. The summed E-state index contributed by atoms with van der Waals surface area (Å²) in [5.74, 6) is 6.46. The average molecular weight is 291 g/mol. The van der Waals surface area contributed by atoms with E-state index >= 15 is 0 Å². The van der Waals surface area contributed by atoms with E-state index in [2.05, 4.69) is 15.4 Å². The van der Waals surface area contributed by atoms with Crippen molar-refractivity contribution < 1.29 is 4.39 Å². The number of nitrogens with two attached hydrogens (primary N) is 1. The predicted octanol–water partition coefficient (Wildman–Crippen LogP) is 2.32. The number of nitrogen functional groups attached to an aromatic ring is 1.